The van der Waals surface area contributed by atoms with Crippen molar-refractivity contribution in [3.05, 3.63) is 30.5 Å². The van der Waals surface area contributed by atoms with Crippen molar-refractivity contribution in [2.75, 3.05) is 24.5 Å². The van der Waals surface area contributed by atoms with E-state index in [1.165, 1.54) is 0 Å². The van der Waals surface area contributed by atoms with E-state index >= 15 is 0 Å². The van der Waals surface area contributed by atoms with Crippen molar-refractivity contribution in [2.45, 2.75) is 0 Å². The van der Waals surface area contributed by atoms with Crippen molar-refractivity contribution in [1.82, 2.24) is 10.3 Å². The van der Waals surface area contributed by atoms with Gasteiger partial charge in [0.1, 0.15) is 0 Å². The predicted molar refractivity (Wildman–Crippen MR) is 63.5 cm³/mol. The Bertz CT molecular complexity index is 532. The summed E-state index contributed by atoms with van der Waals surface area (Å²) in [5, 5.41) is 4.22. The van der Waals surface area contributed by atoms with Gasteiger partial charge in [0.15, 0.2) is 0 Å². The third-order valence-corrected chi connectivity index (χ3v) is 2.95. The maximum atomic E-state index is 11.8. The summed E-state index contributed by atoms with van der Waals surface area (Å²) in [7, 11) is 0. The largest absolute Gasteiger partial charge is 0.359 e. The lowest BCUT2D eigenvalue weighted by Gasteiger charge is -2.27. The topological polar surface area (TPSA) is 48.1 Å². The molecule has 0 radical (unpaired) electrons. The number of H-pyrrole nitrogens is 1. The van der Waals surface area contributed by atoms with E-state index < -0.39 is 0 Å². The first-order valence-electron chi connectivity index (χ1n) is 5.43. The van der Waals surface area contributed by atoms with E-state index in [2.05, 4.69) is 10.3 Å². The van der Waals surface area contributed by atoms with E-state index in [1.807, 2.05) is 35.4 Å². The number of fused-ring (bicyclic) bond motifs is 1. The lowest BCUT2D eigenvalue weighted by molar-refractivity contribution is -0.118. The maximum absolute atomic E-state index is 11.8. The lowest BCUT2D eigenvalue weighted by Crippen LogP contribution is -2.48. The van der Waals surface area contributed by atoms with Crippen LogP contribution in [-0.2, 0) is 4.79 Å². The molecule has 2 aromatic rings. The van der Waals surface area contributed by atoms with Crippen LogP contribution in [0.25, 0.3) is 10.9 Å². The Balaban J connectivity index is 2.10. The van der Waals surface area contributed by atoms with E-state index in [1.54, 1.807) is 0 Å². The fourth-order valence-electron chi connectivity index (χ4n) is 2.15. The molecule has 1 saturated heterocycles. The molecule has 0 saturated carbocycles. The number of anilines is 1. The monoisotopic (exact) mass is 215 g/mol. The summed E-state index contributed by atoms with van der Waals surface area (Å²) in [5.41, 5.74) is 2.02. The number of carbonyl (C=O) groups is 1. The van der Waals surface area contributed by atoms with Gasteiger partial charge in [-0.2, -0.15) is 0 Å². The second-order valence-electron chi connectivity index (χ2n) is 3.94. The summed E-state index contributed by atoms with van der Waals surface area (Å²) in [6, 6.07) is 8.04. The van der Waals surface area contributed by atoms with E-state index in [-0.39, 0.29) is 5.91 Å². The fraction of sp³-hybridized carbons (Fsp3) is 0.250. The second-order valence-corrected chi connectivity index (χ2v) is 3.94. The molecule has 1 fully saturated rings. The van der Waals surface area contributed by atoms with Gasteiger partial charge in [0.25, 0.3) is 0 Å². The smallest absolute Gasteiger partial charge is 0.241 e. The average molecular weight is 215 g/mol. The van der Waals surface area contributed by atoms with Crippen molar-refractivity contribution >= 4 is 22.5 Å². The number of carbonyl (C=O) groups excluding carboxylic acids is 1. The summed E-state index contributed by atoms with van der Waals surface area (Å²) in [4.78, 5) is 16.8. The lowest BCUT2D eigenvalue weighted by atomic mass is 10.2. The van der Waals surface area contributed by atoms with Crippen LogP contribution < -0.4 is 10.2 Å². The van der Waals surface area contributed by atoms with E-state index in [0.29, 0.717) is 6.54 Å². The second kappa shape index (κ2) is 3.64. The van der Waals surface area contributed by atoms with Crippen molar-refractivity contribution in [3.8, 4) is 0 Å². The highest BCUT2D eigenvalue weighted by Gasteiger charge is 2.20. The summed E-state index contributed by atoms with van der Waals surface area (Å²) < 4.78 is 0. The van der Waals surface area contributed by atoms with Gasteiger partial charge < -0.3 is 15.2 Å². The van der Waals surface area contributed by atoms with Crippen LogP contribution in [0.5, 0.6) is 0 Å². The van der Waals surface area contributed by atoms with Gasteiger partial charge in [-0.3, -0.25) is 4.79 Å². The molecule has 2 heterocycles. The standard InChI is InChI=1S/C12H13N3O/c16-11-8-13-6-7-15(11)10-3-1-2-9-4-5-14-12(9)10/h1-5,13-14H,6-8H2. The zero-order valence-electron chi connectivity index (χ0n) is 8.86. The summed E-state index contributed by atoms with van der Waals surface area (Å²) in [5.74, 6) is 0.133. The Labute approximate surface area is 93.2 Å². The van der Waals surface area contributed by atoms with Crippen molar-refractivity contribution in [1.29, 1.82) is 0 Å². The first-order chi connectivity index (χ1) is 7.86. The zero-order valence-corrected chi connectivity index (χ0v) is 8.86. The van der Waals surface area contributed by atoms with Crippen LogP contribution in [0.1, 0.15) is 0 Å². The average Bonchev–Trinajstić information content (AvgIpc) is 2.77. The Morgan fingerprint density at radius 1 is 1.25 bits per heavy atom. The van der Waals surface area contributed by atoms with Crippen LogP contribution >= 0.6 is 0 Å². The van der Waals surface area contributed by atoms with Gasteiger partial charge >= 0.3 is 0 Å². The minimum atomic E-state index is 0.133. The van der Waals surface area contributed by atoms with Crippen molar-refractivity contribution in [3.63, 3.8) is 0 Å². The third kappa shape index (κ3) is 1.39. The summed E-state index contributed by atoms with van der Waals surface area (Å²) >= 11 is 0. The number of nitrogens with zero attached hydrogens (tertiary/aromatic N) is 1. The minimum Gasteiger partial charge on any atom is -0.359 e. The van der Waals surface area contributed by atoms with Gasteiger partial charge in [-0.1, -0.05) is 12.1 Å². The number of amides is 1. The number of benzene rings is 1. The number of aromatic nitrogens is 1. The predicted octanol–water partition coefficient (Wildman–Crippen LogP) is 1.10. The maximum Gasteiger partial charge on any atom is 0.241 e. The zero-order chi connectivity index (χ0) is 11.0. The van der Waals surface area contributed by atoms with Crippen LogP contribution in [0, 0.1) is 0 Å². The fourth-order valence-corrected chi connectivity index (χ4v) is 2.15. The molecule has 3 rings (SSSR count). The molecule has 4 nitrogen and oxygen atoms in total. The van der Waals surface area contributed by atoms with Crippen LogP contribution in [-0.4, -0.2) is 30.5 Å². The molecule has 4 heteroatoms. The van der Waals surface area contributed by atoms with Crippen LogP contribution in [0.4, 0.5) is 5.69 Å². The van der Waals surface area contributed by atoms with Crippen LogP contribution in [0.15, 0.2) is 30.5 Å². The van der Waals surface area contributed by atoms with Gasteiger partial charge in [-0.25, -0.2) is 0 Å². The Morgan fingerprint density at radius 2 is 2.19 bits per heavy atom. The quantitative estimate of drug-likeness (QED) is 0.748. The van der Waals surface area contributed by atoms with Gasteiger partial charge in [0.2, 0.25) is 5.91 Å². The van der Waals surface area contributed by atoms with Crippen LogP contribution in [0.3, 0.4) is 0 Å². The minimum absolute atomic E-state index is 0.133. The molecule has 0 bridgehead atoms. The SMILES string of the molecule is O=C1CNCCN1c1cccc2cc[nH]c12. The first kappa shape index (κ1) is 9.42. The Morgan fingerprint density at radius 3 is 3.06 bits per heavy atom. The molecule has 0 spiro atoms. The number of piperazine rings is 1. The number of hydrogen-bond acceptors (Lipinski definition) is 2. The third-order valence-electron chi connectivity index (χ3n) is 2.95. The molecule has 0 atom stereocenters. The number of hydrogen-bond donors (Lipinski definition) is 2. The number of para-hydroxylation sites is 1. The number of rotatable bonds is 1. The van der Waals surface area contributed by atoms with Gasteiger partial charge in [-0.05, 0) is 12.1 Å². The van der Waals surface area contributed by atoms with Gasteiger partial charge in [-0.15, -0.1) is 0 Å². The number of aromatic amines is 1. The highest BCUT2D eigenvalue weighted by molar-refractivity contribution is 6.03. The van der Waals surface area contributed by atoms with Crippen LogP contribution in [0.2, 0.25) is 0 Å². The van der Waals surface area contributed by atoms with E-state index in [9.17, 15) is 4.79 Å². The molecular formula is C12H13N3O. The Hall–Kier alpha value is -1.81. The van der Waals surface area contributed by atoms with E-state index in [4.69, 9.17) is 0 Å². The van der Waals surface area contributed by atoms with Gasteiger partial charge in [0, 0.05) is 24.7 Å². The normalized spacial score (nSPS) is 17.0. The molecule has 16 heavy (non-hydrogen) atoms. The highest BCUT2D eigenvalue weighted by Crippen LogP contribution is 2.25. The van der Waals surface area contributed by atoms with E-state index in [0.717, 1.165) is 29.7 Å². The highest BCUT2D eigenvalue weighted by atomic mass is 16.2. The molecule has 2 N–H and O–H groups in total. The summed E-state index contributed by atoms with van der Waals surface area (Å²) in [6.07, 6.45) is 1.90. The van der Waals surface area contributed by atoms with Crippen molar-refractivity contribution < 1.29 is 4.79 Å². The first-order valence-corrected chi connectivity index (χ1v) is 5.43. The summed E-state index contributed by atoms with van der Waals surface area (Å²) in [6.45, 7) is 2.01. The molecule has 1 aliphatic heterocycles. The molecule has 1 amide bonds. The molecule has 1 aromatic heterocycles. The van der Waals surface area contributed by atoms with Gasteiger partial charge in [0.05, 0.1) is 17.7 Å². The molecule has 82 valence electrons. The molecule has 0 unspecified atom stereocenters. The molecule has 0 aliphatic carbocycles. The molecule has 1 aliphatic rings. The molecule has 1 aromatic carbocycles. The van der Waals surface area contributed by atoms with Crippen molar-refractivity contribution in [2.24, 2.45) is 0 Å². The Kier molecular flexibility index (Phi) is 2.15. The molecular weight excluding hydrogens is 202 g/mol. The number of nitrogens with one attached hydrogen (secondary N) is 2.